The van der Waals surface area contributed by atoms with E-state index in [2.05, 4.69) is 44.0 Å². The quantitative estimate of drug-likeness (QED) is 0.437. The summed E-state index contributed by atoms with van der Waals surface area (Å²) < 4.78 is 0. The molecular weight excluding hydrogens is 432 g/mol. The highest BCUT2D eigenvalue weighted by molar-refractivity contribution is 6.30. The number of nitrogens with zero attached hydrogens (tertiary/aromatic N) is 3. The van der Waals surface area contributed by atoms with Crippen LogP contribution >= 0.6 is 11.6 Å². The fourth-order valence-electron chi connectivity index (χ4n) is 4.62. The van der Waals surface area contributed by atoms with Crippen LogP contribution in [0, 0.1) is 0 Å². The number of halogens is 1. The Bertz CT molecular complexity index is 1060. The van der Waals surface area contributed by atoms with E-state index in [1.165, 1.54) is 32.1 Å². The fraction of sp³-hybridized carbons (Fsp3) is 0.385. The molecule has 0 bridgehead atoms. The molecule has 1 saturated carbocycles. The summed E-state index contributed by atoms with van der Waals surface area (Å²) in [5, 5.41) is 11.3. The Labute approximate surface area is 200 Å². The zero-order chi connectivity index (χ0) is 22.5. The summed E-state index contributed by atoms with van der Waals surface area (Å²) in [5.74, 6) is 1.92. The van der Waals surface area contributed by atoms with Crippen LogP contribution in [0.2, 0.25) is 5.02 Å². The highest BCUT2D eigenvalue weighted by Crippen LogP contribution is 2.30. The van der Waals surface area contributed by atoms with Crippen molar-refractivity contribution in [3.05, 3.63) is 59.8 Å². The lowest BCUT2D eigenvalue weighted by molar-refractivity contribution is 0.462. The number of piperazine rings is 1. The second-order valence-electron chi connectivity index (χ2n) is 8.88. The van der Waals surface area contributed by atoms with Crippen LogP contribution in [-0.2, 0) is 0 Å². The van der Waals surface area contributed by atoms with E-state index >= 15 is 0 Å². The maximum atomic E-state index is 6.07. The lowest BCUT2D eigenvalue weighted by Gasteiger charge is -2.29. The van der Waals surface area contributed by atoms with Gasteiger partial charge in [-0.3, -0.25) is 0 Å². The van der Waals surface area contributed by atoms with Gasteiger partial charge in [-0.1, -0.05) is 30.9 Å². The lowest BCUT2D eigenvalue weighted by Crippen LogP contribution is -2.43. The maximum Gasteiger partial charge on any atom is 0.131 e. The van der Waals surface area contributed by atoms with Gasteiger partial charge in [0.05, 0.1) is 5.69 Å². The van der Waals surface area contributed by atoms with Crippen LogP contribution in [0.1, 0.15) is 32.1 Å². The topological polar surface area (TPSA) is 65.1 Å². The monoisotopic (exact) mass is 462 g/mol. The number of hydrogen-bond donors (Lipinski definition) is 3. The molecule has 6 nitrogen and oxygen atoms in total. The molecule has 1 aromatic carbocycles. The zero-order valence-electron chi connectivity index (χ0n) is 18.9. The summed E-state index contributed by atoms with van der Waals surface area (Å²) in [4.78, 5) is 12.0. The molecule has 3 heterocycles. The summed E-state index contributed by atoms with van der Waals surface area (Å²) in [7, 11) is 0. The Morgan fingerprint density at radius 1 is 0.909 bits per heavy atom. The van der Waals surface area contributed by atoms with Crippen LogP contribution in [-0.4, -0.2) is 42.2 Å². The van der Waals surface area contributed by atoms with Gasteiger partial charge in [0.25, 0.3) is 0 Å². The van der Waals surface area contributed by atoms with Crippen molar-refractivity contribution < 1.29 is 0 Å². The van der Waals surface area contributed by atoms with E-state index in [1.807, 2.05) is 36.5 Å². The Morgan fingerprint density at radius 2 is 1.70 bits per heavy atom. The average Bonchev–Trinajstić information content (AvgIpc) is 2.87. The van der Waals surface area contributed by atoms with Crippen molar-refractivity contribution in [2.24, 2.45) is 0 Å². The average molecular weight is 463 g/mol. The number of benzene rings is 1. The summed E-state index contributed by atoms with van der Waals surface area (Å²) in [6.07, 6.45) is 8.26. The van der Waals surface area contributed by atoms with Gasteiger partial charge in [0.15, 0.2) is 0 Å². The molecule has 0 unspecified atom stereocenters. The number of hydrogen-bond acceptors (Lipinski definition) is 6. The van der Waals surface area contributed by atoms with Gasteiger partial charge >= 0.3 is 0 Å². The molecule has 2 aromatic heterocycles. The molecule has 1 aliphatic heterocycles. The van der Waals surface area contributed by atoms with Crippen LogP contribution in [0.4, 0.5) is 23.0 Å². The number of rotatable bonds is 6. The minimum atomic E-state index is 0.517. The van der Waals surface area contributed by atoms with E-state index in [1.54, 1.807) is 0 Å². The van der Waals surface area contributed by atoms with E-state index in [0.29, 0.717) is 6.04 Å². The molecule has 7 heteroatoms. The highest BCUT2D eigenvalue weighted by Gasteiger charge is 2.16. The SMILES string of the molecule is Clc1ccc(Nc2cc(-c3ccnc(NC4CCCCC4)c3)nc(N3CCNCC3)c2)cc1. The molecule has 3 aromatic rings. The van der Waals surface area contributed by atoms with Crippen LogP contribution in [0.15, 0.2) is 54.7 Å². The predicted molar refractivity (Wildman–Crippen MR) is 138 cm³/mol. The number of aromatic nitrogens is 2. The summed E-state index contributed by atoms with van der Waals surface area (Å²) in [6, 6.07) is 16.7. The third kappa shape index (κ3) is 5.75. The Hall–Kier alpha value is -2.83. The van der Waals surface area contributed by atoms with E-state index in [0.717, 1.165) is 65.5 Å². The number of nitrogens with one attached hydrogen (secondary N) is 3. The third-order valence-corrected chi connectivity index (χ3v) is 6.65. The van der Waals surface area contributed by atoms with Crippen molar-refractivity contribution in [1.29, 1.82) is 0 Å². The fourth-order valence-corrected chi connectivity index (χ4v) is 4.74. The van der Waals surface area contributed by atoms with Crippen LogP contribution in [0.5, 0.6) is 0 Å². The van der Waals surface area contributed by atoms with E-state index < -0.39 is 0 Å². The van der Waals surface area contributed by atoms with Crippen molar-refractivity contribution in [1.82, 2.24) is 15.3 Å². The first-order chi connectivity index (χ1) is 16.2. The molecule has 1 aliphatic carbocycles. The molecule has 0 atom stereocenters. The first-order valence-corrected chi connectivity index (χ1v) is 12.3. The first kappa shape index (κ1) is 22.0. The van der Waals surface area contributed by atoms with Gasteiger partial charge in [-0.05, 0) is 55.3 Å². The molecule has 0 spiro atoms. The molecular formula is C26H31ClN6. The zero-order valence-corrected chi connectivity index (χ0v) is 19.6. The third-order valence-electron chi connectivity index (χ3n) is 6.40. The smallest absolute Gasteiger partial charge is 0.131 e. The molecule has 3 N–H and O–H groups in total. The van der Waals surface area contributed by atoms with Crippen molar-refractivity contribution in [2.45, 2.75) is 38.1 Å². The van der Waals surface area contributed by atoms with Crippen molar-refractivity contribution in [3.8, 4) is 11.3 Å². The van der Waals surface area contributed by atoms with Gasteiger partial charge in [0, 0.05) is 66.4 Å². The number of pyridine rings is 2. The predicted octanol–water partition coefficient (Wildman–Crippen LogP) is 5.69. The standard InChI is InChI=1S/C26H31ClN6/c27-20-6-8-22(9-7-20)30-23-17-24(32-26(18-23)33-14-12-28-13-15-33)19-10-11-29-25(16-19)31-21-4-2-1-3-5-21/h6-11,16-18,21,28H,1-5,12-15H2,(H,29,31)(H,30,32). The molecule has 172 valence electrons. The molecule has 2 fully saturated rings. The lowest BCUT2D eigenvalue weighted by atomic mass is 9.95. The minimum Gasteiger partial charge on any atom is -0.367 e. The van der Waals surface area contributed by atoms with Gasteiger partial charge in [-0.25, -0.2) is 9.97 Å². The van der Waals surface area contributed by atoms with Crippen LogP contribution in [0.25, 0.3) is 11.3 Å². The molecule has 0 radical (unpaired) electrons. The highest BCUT2D eigenvalue weighted by atomic mass is 35.5. The Morgan fingerprint density at radius 3 is 2.48 bits per heavy atom. The van der Waals surface area contributed by atoms with E-state index in [4.69, 9.17) is 16.6 Å². The van der Waals surface area contributed by atoms with Gasteiger partial charge in [-0.2, -0.15) is 0 Å². The van der Waals surface area contributed by atoms with Crippen LogP contribution in [0.3, 0.4) is 0 Å². The molecule has 2 aliphatic rings. The van der Waals surface area contributed by atoms with Crippen LogP contribution < -0.4 is 20.9 Å². The Kier molecular flexibility index (Phi) is 6.93. The van der Waals surface area contributed by atoms with Crippen molar-refractivity contribution >= 4 is 34.6 Å². The second kappa shape index (κ2) is 10.4. The molecule has 5 rings (SSSR count). The van der Waals surface area contributed by atoms with Crippen molar-refractivity contribution in [2.75, 3.05) is 41.7 Å². The summed E-state index contributed by atoms with van der Waals surface area (Å²) >= 11 is 6.07. The first-order valence-electron chi connectivity index (χ1n) is 12.0. The van der Waals surface area contributed by atoms with Gasteiger partial charge in [-0.15, -0.1) is 0 Å². The molecule has 0 amide bonds. The van der Waals surface area contributed by atoms with E-state index in [-0.39, 0.29) is 0 Å². The minimum absolute atomic E-state index is 0.517. The van der Waals surface area contributed by atoms with Crippen molar-refractivity contribution in [3.63, 3.8) is 0 Å². The van der Waals surface area contributed by atoms with Gasteiger partial charge in [0.1, 0.15) is 11.6 Å². The summed E-state index contributed by atoms with van der Waals surface area (Å²) in [6.45, 7) is 3.83. The maximum absolute atomic E-state index is 6.07. The summed E-state index contributed by atoms with van der Waals surface area (Å²) in [5.41, 5.74) is 4.02. The Balaban J connectivity index is 1.45. The van der Waals surface area contributed by atoms with Gasteiger partial charge < -0.3 is 20.9 Å². The number of anilines is 4. The normalized spacial score (nSPS) is 17.1. The molecule has 1 saturated heterocycles. The second-order valence-corrected chi connectivity index (χ2v) is 9.31. The molecule has 33 heavy (non-hydrogen) atoms. The van der Waals surface area contributed by atoms with E-state index in [9.17, 15) is 0 Å². The largest absolute Gasteiger partial charge is 0.367 e. The van der Waals surface area contributed by atoms with Gasteiger partial charge in [0.2, 0.25) is 0 Å².